The first-order valence-corrected chi connectivity index (χ1v) is 6.12. The zero-order valence-electron chi connectivity index (χ0n) is 9.82. The molecule has 1 aromatic rings. The number of aliphatic hydroxyl groups excluding tert-OH is 1. The Balaban J connectivity index is 1.91. The van der Waals surface area contributed by atoms with Crippen molar-refractivity contribution in [2.75, 3.05) is 17.6 Å². The second-order valence-electron chi connectivity index (χ2n) is 4.77. The minimum absolute atomic E-state index is 0.170. The molecule has 4 heteroatoms. The van der Waals surface area contributed by atoms with Crippen molar-refractivity contribution in [1.82, 2.24) is 0 Å². The third kappa shape index (κ3) is 3.09. The molecule has 1 aromatic carbocycles. The normalized spacial score (nSPS) is 24.6. The van der Waals surface area contributed by atoms with E-state index < -0.39 is 5.82 Å². The van der Waals surface area contributed by atoms with Crippen LogP contribution in [0.25, 0.3) is 0 Å². The lowest BCUT2D eigenvalue weighted by atomic mass is 9.87. The van der Waals surface area contributed by atoms with Gasteiger partial charge in [-0.2, -0.15) is 0 Å². The topological polar surface area (TPSA) is 58.3 Å². The second kappa shape index (κ2) is 5.36. The molecule has 3 nitrogen and oxygen atoms in total. The summed E-state index contributed by atoms with van der Waals surface area (Å²) in [5.74, 6) is 0.0556. The van der Waals surface area contributed by atoms with Gasteiger partial charge in [-0.25, -0.2) is 4.39 Å². The molecule has 1 fully saturated rings. The van der Waals surface area contributed by atoms with Gasteiger partial charge in [0.05, 0.1) is 17.5 Å². The number of benzene rings is 1. The minimum atomic E-state index is -0.390. The van der Waals surface area contributed by atoms with Gasteiger partial charge in [0, 0.05) is 6.54 Å². The SMILES string of the molecule is Nc1c(F)cccc1NCC1CCCC(O)C1. The van der Waals surface area contributed by atoms with Crippen LogP contribution in [-0.4, -0.2) is 17.8 Å². The highest BCUT2D eigenvalue weighted by Crippen LogP contribution is 2.26. The Kier molecular flexibility index (Phi) is 3.84. The van der Waals surface area contributed by atoms with E-state index in [4.69, 9.17) is 5.73 Å². The Hall–Kier alpha value is -1.29. The average molecular weight is 238 g/mol. The summed E-state index contributed by atoms with van der Waals surface area (Å²) < 4.78 is 13.2. The van der Waals surface area contributed by atoms with Gasteiger partial charge < -0.3 is 16.2 Å². The van der Waals surface area contributed by atoms with Crippen molar-refractivity contribution < 1.29 is 9.50 Å². The number of aliphatic hydroxyl groups is 1. The van der Waals surface area contributed by atoms with Gasteiger partial charge in [-0.05, 0) is 37.3 Å². The average Bonchev–Trinajstić information content (AvgIpc) is 2.31. The van der Waals surface area contributed by atoms with Gasteiger partial charge in [0.2, 0.25) is 0 Å². The summed E-state index contributed by atoms with van der Waals surface area (Å²) in [5.41, 5.74) is 6.45. The first-order valence-electron chi connectivity index (χ1n) is 6.12. The molecule has 0 heterocycles. The highest BCUT2D eigenvalue weighted by molar-refractivity contribution is 5.66. The second-order valence-corrected chi connectivity index (χ2v) is 4.77. The molecular formula is C13H19FN2O. The lowest BCUT2D eigenvalue weighted by Gasteiger charge is -2.26. The number of hydrogen-bond acceptors (Lipinski definition) is 3. The molecule has 0 saturated heterocycles. The summed E-state index contributed by atoms with van der Waals surface area (Å²) in [7, 11) is 0. The summed E-state index contributed by atoms with van der Waals surface area (Å²) in [6, 6.07) is 4.77. The van der Waals surface area contributed by atoms with Crippen LogP contribution >= 0.6 is 0 Å². The zero-order chi connectivity index (χ0) is 12.3. The van der Waals surface area contributed by atoms with E-state index in [1.807, 2.05) is 0 Å². The smallest absolute Gasteiger partial charge is 0.148 e. The number of para-hydroxylation sites is 1. The molecule has 2 atom stereocenters. The van der Waals surface area contributed by atoms with Crippen molar-refractivity contribution in [2.24, 2.45) is 5.92 Å². The molecule has 0 bridgehead atoms. The summed E-state index contributed by atoms with van der Waals surface area (Å²) in [4.78, 5) is 0. The molecule has 1 aliphatic carbocycles. The standard InChI is InChI=1S/C13H19FN2O/c14-11-5-2-6-12(13(11)15)16-8-9-3-1-4-10(17)7-9/h2,5-6,9-10,16-17H,1,3-4,7-8,15H2. The van der Waals surface area contributed by atoms with E-state index in [9.17, 15) is 9.50 Å². The van der Waals surface area contributed by atoms with Crippen LogP contribution in [0.3, 0.4) is 0 Å². The van der Waals surface area contributed by atoms with Crippen molar-refractivity contribution in [1.29, 1.82) is 0 Å². The molecule has 94 valence electrons. The van der Waals surface area contributed by atoms with Crippen LogP contribution in [0, 0.1) is 11.7 Å². The molecule has 0 aromatic heterocycles. The van der Waals surface area contributed by atoms with Crippen LogP contribution in [-0.2, 0) is 0 Å². The monoisotopic (exact) mass is 238 g/mol. The van der Waals surface area contributed by atoms with Crippen molar-refractivity contribution in [2.45, 2.75) is 31.8 Å². The Labute approximate surface area is 101 Å². The van der Waals surface area contributed by atoms with Gasteiger partial charge in [0.25, 0.3) is 0 Å². The first kappa shape index (κ1) is 12.2. The maximum Gasteiger partial charge on any atom is 0.148 e. The number of halogens is 1. The fourth-order valence-corrected chi connectivity index (χ4v) is 2.39. The van der Waals surface area contributed by atoms with Gasteiger partial charge in [0.15, 0.2) is 0 Å². The van der Waals surface area contributed by atoms with Gasteiger partial charge in [-0.15, -0.1) is 0 Å². The predicted molar refractivity (Wildman–Crippen MR) is 67.3 cm³/mol. The maximum atomic E-state index is 13.2. The highest BCUT2D eigenvalue weighted by Gasteiger charge is 2.20. The summed E-state index contributed by atoms with van der Waals surface area (Å²) in [5, 5.41) is 12.7. The van der Waals surface area contributed by atoms with Crippen LogP contribution in [0.4, 0.5) is 15.8 Å². The molecule has 2 unspecified atom stereocenters. The number of nitrogen functional groups attached to an aromatic ring is 1. The predicted octanol–water partition coefficient (Wildman–Crippen LogP) is 2.37. The third-order valence-corrected chi connectivity index (χ3v) is 3.39. The molecular weight excluding hydrogens is 219 g/mol. The van der Waals surface area contributed by atoms with E-state index in [0.29, 0.717) is 11.6 Å². The van der Waals surface area contributed by atoms with Gasteiger partial charge in [0.1, 0.15) is 5.82 Å². The van der Waals surface area contributed by atoms with Crippen LogP contribution < -0.4 is 11.1 Å². The minimum Gasteiger partial charge on any atom is -0.395 e. The van der Waals surface area contributed by atoms with Crippen molar-refractivity contribution >= 4 is 11.4 Å². The van der Waals surface area contributed by atoms with Crippen LogP contribution in [0.1, 0.15) is 25.7 Å². The number of nitrogens with two attached hydrogens (primary N) is 1. The van der Waals surface area contributed by atoms with E-state index in [1.165, 1.54) is 6.07 Å². The lowest BCUT2D eigenvalue weighted by Crippen LogP contribution is -2.25. The Morgan fingerprint density at radius 1 is 1.41 bits per heavy atom. The summed E-state index contributed by atoms with van der Waals surface area (Å²) in [6.45, 7) is 0.741. The summed E-state index contributed by atoms with van der Waals surface area (Å²) >= 11 is 0. The van der Waals surface area contributed by atoms with Crippen molar-refractivity contribution in [3.8, 4) is 0 Å². The van der Waals surface area contributed by atoms with E-state index in [-0.39, 0.29) is 11.8 Å². The van der Waals surface area contributed by atoms with Crippen molar-refractivity contribution in [3.63, 3.8) is 0 Å². The number of anilines is 2. The molecule has 1 saturated carbocycles. The molecule has 4 N–H and O–H groups in total. The van der Waals surface area contributed by atoms with Gasteiger partial charge >= 0.3 is 0 Å². The number of nitrogens with one attached hydrogen (secondary N) is 1. The van der Waals surface area contributed by atoms with E-state index >= 15 is 0 Å². The van der Waals surface area contributed by atoms with Crippen LogP contribution in [0.15, 0.2) is 18.2 Å². The molecule has 0 spiro atoms. The van der Waals surface area contributed by atoms with E-state index in [0.717, 1.165) is 32.2 Å². The largest absolute Gasteiger partial charge is 0.395 e. The van der Waals surface area contributed by atoms with E-state index in [1.54, 1.807) is 12.1 Å². The van der Waals surface area contributed by atoms with Gasteiger partial charge in [-0.3, -0.25) is 0 Å². The Bertz CT molecular complexity index is 384. The highest BCUT2D eigenvalue weighted by atomic mass is 19.1. The van der Waals surface area contributed by atoms with Crippen molar-refractivity contribution in [3.05, 3.63) is 24.0 Å². The first-order chi connectivity index (χ1) is 8.16. The molecule has 0 radical (unpaired) electrons. The fraction of sp³-hybridized carbons (Fsp3) is 0.538. The number of hydrogen-bond donors (Lipinski definition) is 3. The Morgan fingerprint density at radius 3 is 3.00 bits per heavy atom. The van der Waals surface area contributed by atoms with E-state index in [2.05, 4.69) is 5.32 Å². The Morgan fingerprint density at radius 2 is 2.24 bits per heavy atom. The van der Waals surface area contributed by atoms with Gasteiger partial charge in [-0.1, -0.05) is 12.5 Å². The molecule has 2 rings (SSSR count). The lowest BCUT2D eigenvalue weighted by molar-refractivity contribution is 0.105. The molecule has 0 amide bonds. The third-order valence-electron chi connectivity index (χ3n) is 3.39. The van der Waals surface area contributed by atoms with Crippen LogP contribution in [0.5, 0.6) is 0 Å². The number of rotatable bonds is 3. The molecule has 1 aliphatic rings. The van der Waals surface area contributed by atoms with Crippen LogP contribution in [0.2, 0.25) is 0 Å². The quantitative estimate of drug-likeness (QED) is 0.708. The fourth-order valence-electron chi connectivity index (χ4n) is 2.39. The zero-order valence-corrected chi connectivity index (χ0v) is 9.82. The molecule has 0 aliphatic heterocycles. The maximum absolute atomic E-state index is 13.2. The summed E-state index contributed by atoms with van der Waals surface area (Å²) in [6.07, 6.45) is 3.71. The molecule has 17 heavy (non-hydrogen) atoms.